The van der Waals surface area contributed by atoms with E-state index in [2.05, 4.69) is 19.9 Å². The van der Waals surface area contributed by atoms with Crippen molar-refractivity contribution in [2.75, 3.05) is 11.5 Å². The van der Waals surface area contributed by atoms with E-state index in [1.165, 1.54) is 9.79 Å². The molecule has 86 valence electrons. The van der Waals surface area contributed by atoms with Gasteiger partial charge in [0.1, 0.15) is 0 Å². The highest BCUT2D eigenvalue weighted by molar-refractivity contribution is 8.03. The van der Waals surface area contributed by atoms with E-state index < -0.39 is 0 Å². The Hall–Kier alpha value is -0.410. The van der Waals surface area contributed by atoms with Crippen LogP contribution in [0.25, 0.3) is 0 Å². The van der Waals surface area contributed by atoms with Gasteiger partial charge in [-0.25, -0.2) is 0 Å². The standard InChI is InChI=1S/C13H16OS2/c1-9(14)10-4-5-11-12(6-10)16-8-13(2,3)7-15-11/h4-6H,7-8H2,1-3H3. The molecule has 0 N–H and O–H groups in total. The molecule has 0 spiro atoms. The molecule has 0 radical (unpaired) electrons. The quantitative estimate of drug-likeness (QED) is 0.700. The fourth-order valence-corrected chi connectivity index (χ4v) is 4.11. The SMILES string of the molecule is CC(=O)c1ccc2c(c1)SCC(C)(C)CS2. The molecule has 0 aromatic heterocycles. The van der Waals surface area contributed by atoms with Gasteiger partial charge in [0.05, 0.1) is 0 Å². The molecule has 1 aromatic rings. The van der Waals surface area contributed by atoms with E-state index in [0.29, 0.717) is 5.41 Å². The molecular weight excluding hydrogens is 236 g/mol. The van der Waals surface area contributed by atoms with Crippen molar-refractivity contribution < 1.29 is 4.79 Å². The van der Waals surface area contributed by atoms with Gasteiger partial charge in [0.25, 0.3) is 0 Å². The van der Waals surface area contributed by atoms with Gasteiger partial charge in [-0.2, -0.15) is 0 Å². The van der Waals surface area contributed by atoms with Gasteiger partial charge < -0.3 is 0 Å². The third-order valence-electron chi connectivity index (χ3n) is 2.59. The van der Waals surface area contributed by atoms with Crippen LogP contribution in [-0.4, -0.2) is 17.3 Å². The monoisotopic (exact) mass is 252 g/mol. The zero-order valence-electron chi connectivity index (χ0n) is 9.87. The molecule has 0 bridgehead atoms. The van der Waals surface area contributed by atoms with Gasteiger partial charge in [0.15, 0.2) is 5.78 Å². The lowest BCUT2D eigenvalue weighted by atomic mass is 10.0. The zero-order valence-corrected chi connectivity index (χ0v) is 11.5. The van der Waals surface area contributed by atoms with Gasteiger partial charge in [0.2, 0.25) is 0 Å². The first kappa shape index (κ1) is 12.1. The van der Waals surface area contributed by atoms with Crippen molar-refractivity contribution >= 4 is 29.3 Å². The van der Waals surface area contributed by atoms with Gasteiger partial charge in [-0.3, -0.25) is 4.79 Å². The second-order valence-corrected chi connectivity index (χ2v) is 6.99. The number of benzene rings is 1. The topological polar surface area (TPSA) is 17.1 Å². The summed E-state index contributed by atoms with van der Waals surface area (Å²) in [7, 11) is 0. The highest BCUT2D eigenvalue weighted by atomic mass is 32.2. The lowest BCUT2D eigenvalue weighted by Crippen LogP contribution is -2.16. The lowest BCUT2D eigenvalue weighted by molar-refractivity contribution is 0.101. The van der Waals surface area contributed by atoms with Crippen LogP contribution in [0.3, 0.4) is 0 Å². The van der Waals surface area contributed by atoms with Crippen LogP contribution in [0, 0.1) is 5.41 Å². The van der Waals surface area contributed by atoms with Crippen LogP contribution in [0.2, 0.25) is 0 Å². The zero-order chi connectivity index (χ0) is 11.8. The van der Waals surface area contributed by atoms with Crippen LogP contribution < -0.4 is 0 Å². The maximum Gasteiger partial charge on any atom is 0.159 e. The van der Waals surface area contributed by atoms with Crippen molar-refractivity contribution in [1.29, 1.82) is 0 Å². The van der Waals surface area contributed by atoms with Crippen LogP contribution in [0.15, 0.2) is 28.0 Å². The molecule has 16 heavy (non-hydrogen) atoms. The molecule has 3 heteroatoms. The number of thioether (sulfide) groups is 2. The first-order chi connectivity index (χ1) is 7.48. The summed E-state index contributed by atoms with van der Waals surface area (Å²) in [6.07, 6.45) is 0. The van der Waals surface area contributed by atoms with Crippen LogP contribution in [0.1, 0.15) is 31.1 Å². The molecule has 0 unspecified atom stereocenters. The maximum atomic E-state index is 11.3. The molecule has 1 heterocycles. The molecule has 0 saturated carbocycles. The largest absolute Gasteiger partial charge is 0.295 e. The highest BCUT2D eigenvalue weighted by Gasteiger charge is 2.23. The Morgan fingerprint density at radius 1 is 1.19 bits per heavy atom. The number of ketones is 1. The maximum absolute atomic E-state index is 11.3. The number of Topliss-reactive ketones (excluding diaryl/α,β-unsaturated/α-hetero) is 1. The number of hydrogen-bond acceptors (Lipinski definition) is 3. The number of rotatable bonds is 1. The predicted octanol–water partition coefficient (Wildman–Crippen LogP) is 4.11. The van der Waals surface area contributed by atoms with E-state index in [9.17, 15) is 4.79 Å². The molecule has 1 nitrogen and oxygen atoms in total. The van der Waals surface area contributed by atoms with Crippen molar-refractivity contribution in [1.82, 2.24) is 0 Å². The first-order valence-corrected chi connectivity index (χ1v) is 7.36. The smallest absolute Gasteiger partial charge is 0.159 e. The van der Waals surface area contributed by atoms with Crippen molar-refractivity contribution in [3.8, 4) is 0 Å². The molecule has 1 aromatic carbocycles. The second-order valence-electron chi connectivity index (χ2n) is 4.96. The fourth-order valence-electron chi connectivity index (χ4n) is 1.55. The molecule has 0 aliphatic carbocycles. The van der Waals surface area contributed by atoms with Gasteiger partial charge in [-0.05, 0) is 24.5 Å². The summed E-state index contributed by atoms with van der Waals surface area (Å²) in [5.74, 6) is 2.41. The number of hydrogen-bond donors (Lipinski definition) is 0. The van der Waals surface area contributed by atoms with E-state index in [-0.39, 0.29) is 5.78 Å². The molecule has 0 fully saturated rings. The number of carbonyl (C=O) groups is 1. The highest BCUT2D eigenvalue weighted by Crippen LogP contribution is 2.42. The van der Waals surface area contributed by atoms with Crippen LogP contribution in [0.4, 0.5) is 0 Å². The average Bonchev–Trinajstić information content (AvgIpc) is 2.38. The summed E-state index contributed by atoms with van der Waals surface area (Å²) >= 11 is 3.78. The lowest BCUT2D eigenvalue weighted by Gasteiger charge is -2.19. The third kappa shape index (κ3) is 2.64. The van der Waals surface area contributed by atoms with E-state index in [4.69, 9.17) is 0 Å². The van der Waals surface area contributed by atoms with Gasteiger partial charge in [-0.1, -0.05) is 19.9 Å². The van der Waals surface area contributed by atoms with E-state index in [0.717, 1.165) is 17.1 Å². The Kier molecular flexibility index (Phi) is 3.36. The number of carbonyl (C=O) groups excluding carboxylic acids is 1. The van der Waals surface area contributed by atoms with Gasteiger partial charge in [-0.15, -0.1) is 23.5 Å². The van der Waals surface area contributed by atoms with E-state index >= 15 is 0 Å². The summed E-state index contributed by atoms with van der Waals surface area (Å²) < 4.78 is 0. The minimum Gasteiger partial charge on any atom is -0.295 e. The Bertz CT molecular complexity index is 424. The minimum atomic E-state index is 0.150. The Morgan fingerprint density at radius 2 is 1.81 bits per heavy atom. The van der Waals surface area contributed by atoms with Crippen LogP contribution >= 0.6 is 23.5 Å². The second kappa shape index (κ2) is 4.46. The fraction of sp³-hybridized carbons (Fsp3) is 0.462. The summed E-state index contributed by atoms with van der Waals surface area (Å²) in [6, 6.07) is 6.06. The molecule has 2 rings (SSSR count). The van der Waals surface area contributed by atoms with E-state index in [1.807, 2.05) is 35.7 Å². The summed E-state index contributed by atoms with van der Waals surface area (Å²) in [4.78, 5) is 13.9. The average molecular weight is 252 g/mol. The molecule has 0 amide bonds. The number of fused-ring (bicyclic) bond motifs is 1. The van der Waals surface area contributed by atoms with Crippen molar-refractivity contribution in [2.24, 2.45) is 5.41 Å². The molecule has 0 atom stereocenters. The minimum absolute atomic E-state index is 0.150. The Morgan fingerprint density at radius 3 is 2.44 bits per heavy atom. The van der Waals surface area contributed by atoms with Crippen LogP contribution in [0.5, 0.6) is 0 Å². The normalized spacial score (nSPS) is 18.7. The van der Waals surface area contributed by atoms with Crippen LogP contribution in [-0.2, 0) is 0 Å². The predicted molar refractivity (Wildman–Crippen MR) is 71.7 cm³/mol. The molecule has 1 aliphatic rings. The van der Waals surface area contributed by atoms with Crippen molar-refractivity contribution in [2.45, 2.75) is 30.6 Å². The third-order valence-corrected chi connectivity index (χ3v) is 5.88. The summed E-state index contributed by atoms with van der Waals surface area (Å²) in [6.45, 7) is 6.22. The Balaban J connectivity index is 2.32. The summed E-state index contributed by atoms with van der Waals surface area (Å²) in [5.41, 5.74) is 1.19. The van der Waals surface area contributed by atoms with E-state index in [1.54, 1.807) is 6.92 Å². The Labute approximate surface area is 105 Å². The van der Waals surface area contributed by atoms with Gasteiger partial charge in [0, 0.05) is 26.9 Å². The van der Waals surface area contributed by atoms with Crippen molar-refractivity contribution in [3.05, 3.63) is 23.8 Å². The molecule has 1 aliphatic heterocycles. The molecular formula is C13H16OS2. The van der Waals surface area contributed by atoms with Gasteiger partial charge >= 0.3 is 0 Å². The molecule has 0 saturated heterocycles. The van der Waals surface area contributed by atoms with Crippen molar-refractivity contribution in [3.63, 3.8) is 0 Å². The summed E-state index contributed by atoms with van der Waals surface area (Å²) in [5, 5.41) is 0. The first-order valence-electron chi connectivity index (χ1n) is 5.38.